The highest BCUT2D eigenvalue weighted by Crippen LogP contribution is 2.59. The monoisotopic (exact) mass is 272 g/mol. The van der Waals surface area contributed by atoms with Crippen LogP contribution in [0.25, 0.3) is 0 Å². The van der Waals surface area contributed by atoms with Crippen LogP contribution in [0, 0.1) is 29.6 Å². The van der Waals surface area contributed by atoms with Gasteiger partial charge >= 0.3 is 5.97 Å². The van der Waals surface area contributed by atoms with Gasteiger partial charge in [-0.15, -0.1) is 6.42 Å². The Hall–Kier alpha value is -1.75. The normalized spacial score (nSPS) is 25.2. The lowest BCUT2D eigenvalue weighted by atomic mass is 10.1. The van der Waals surface area contributed by atoms with Gasteiger partial charge in [-0.05, 0) is 38.2 Å². The van der Waals surface area contributed by atoms with Crippen LogP contribution >= 0.6 is 0 Å². The minimum absolute atomic E-state index is 0.0411. The summed E-state index contributed by atoms with van der Waals surface area (Å²) in [6.45, 7) is 10.2. The highest BCUT2D eigenvalue weighted by atomic mass is 16.5. The maximum absolute atomic E-state index is 12.2. The first-order valence-electron chi connectivity index (χ1n) is 6.95. The molecule has 0 amide bonds. The third-order valence-electron chi connectivity index (χ3n) is 3.67. The van der Waals surface area contributed by atoms with E-state index < -0.39 is 6.10 Å². The predicted octanol–water partition coefficient (Wildman–Crippen LogP) is 3.90. The number of allylic oxidation sites excluding steroid dienone is 5. The summed E-state index contributed by atoms with van der Waals surface area (Å²) >= 11 is 0. The quantitative estimate of drug-likeness (QED) is 0.328. The molecule has 0 N–H and O–H groups in total. The molecule has 2 nitrogen and oxygen atoms in total. The van der Waals surface area contributed by atoms with E-state index in [2.05, 4.69) is 25.8 Å². The van der Waals surface area contributed by atoms with Gasteiger partial charge in [-0.1, -0.05) is 49.6 Å². The first-order chi connectivity index (χ1) is 9.34. The molecule has 2 heteroatoms. The molecule has 1 rings (SSSR count). The van der Waals surface area contributed by atoms with Gasteiger partial charge in [0, 0.05) is 0 Å². The maximum atomic E-state index is 12.2. The van der Waals surface area contributed by atoms with Crippen molar-refractivity contribution in [1.29, 1.82) is 0 Å². The molecule has 0 bridgehead atoms. The topological polar surface area (TPSA) is 26.3 Å². The Morgan fingerprint density at radius 1 is 1.35 bits per heavy atom. The number of terminal acetylenes is 1. The molecule has 0 spiro atoms. The molecule has 0 aromatic heterocycles. The summed E-state index contributed by atoms with van der Waals surface area (Å²) in [5, 5.41) is 0. The van der Waals surface area contributed by atoms with Crippen LogP contribution in [0.2, 0.25) is 0 Å². The molecule has 20 heavy (non-hydrogen) atoms. The Labute approximate surface area is 122 Å². The van der Waals surface area contributed by atoms with E-state index in [0.717, 1.165) is 0 Å². The maximum Gasteiger partial charge on any atom is 0.311 e. The van der Waals surface area contributed by atoms with Gasteiger partial charge in [0.1, 0.15) is 0 Å². The lowest BCUT2D eigenvalue weighted by Gasteiger charge is -2.08. The van der Waals surface area contributed by atoms with Crippen molar-refractivity contribution in [2.24, 2.45) is 17.3 Å². The fourth-order valence-corrected chi connectivity index (χ4v) is 2.40. The molecule has 0 aromatic rings. The molecule has 1 saturated carbocycles. The molecular weight excluding hydrogens is 248 g/mol. The van der Waals surface area contributed by atoms with Crippen molar-refractivity contribution < 1.29 is 9.53 Å². The summed E-state index contributed by atoms with van der Waals surface area (Å²) in [5.74, 6) is 2.43. The minimum Gasteiger partial charge on any atom is -0.445 e. The summed E-state index contributed by atoms with van der Waals surface area (Å²) in [5.41, 5.74) is 1.18. The minimum atomic E-state index is -0.595. The van der Waals surface area contributed by atoms with Gasteiger partial charge < -0.3 is 4.74 Å². The molecule has 1 aliphatic carbocycles. The first kappa shape index (κ1) is 16.3. The summed E-state index contributed by atoms with van der Waals surface area (Å²) in [7, 11) is 0. The average molecular weight is 272 g/mol. The number of rotatable bonds is 5. The third-order valence-corrected chi connectivity index (χ3v) is 3.67. The van der Waals surface area contributed by atoms with Crippen LogP contribution in [-0.2, 0) is 9.53 Å². The van der Waals surface area contributed by atoms with Crippen LogP contribution in [0.4, 0.5) is 0 Å². The van der Waals surface area contributed by atoms with Crippen molar-refractivity contribution >= 4 is 5.97 Å². The highest BCUT2D eigenvalue weighted by Gasteiger charge is 2.61. The van der Waals surface area contributed by atoms with E-state index in [0.29, 0.717) is 0 Å². The molecule has 108 valence electrons. The Bertz CT molecular complexity index is 482. The van der Waals surface area contributed by atoms with E-state index >= 15 is 0 Å². The molecule has 0 heterocycles. The zero-order valence-corrected chi connectivity index (χ0v) is 13.0. The molecule has 0 aliphatic heterocycles. The standard InChI is InChI=1S/C18H24O2/c1-7-9-10-11-14(8-2)20-17(19)16-15(12-13(3)4)18(16,5)6/h2,7,9-12,14-16H,1,3-6H3. The van der Waals surface area contributed by atoms with Crippen molar-refractivity contribution in [3.05, 3.63) is 36.0 Å². The second kappa shape index (κ2) is 6.61. The number of esters is 1. The Morgan fingerprint density at radius 2 is 2.00 bits per heavy atom. The number of ether oxygens (including phenoxy) is 1. The second-order valence-electron chi connectivity index (χ2n) is 6.00. The van der Waals surface area contributed by atoms with E-state index in [-0.39, 0.29) is 23.2 Å². The lowest BCUT2D eigenvalue weighted by Crippen LogP contribution is -2.17. The van der Waals surface area contributed by atoms with E-state index in [1.165, 1.54) is 5.57 Å². The number of carbonyl (C=O) groups is 1. The van der Waals surface area contributed by atoms with Crippen LogP contribution < -0.4 is 0 Å². The van der Waals surface area contributed by atoms with Crippen molar-refractivity contribution in [2.75, 3.05) is 0 Å². The molecule has 0 aromatic carbocycles. The molecule has 0 saturated heterocycles. The molecule has 1 aliphatic rings. The first-order valence-corrected chi connectivity index (χ1v) is 6.95. The summed E-state index contributed by atoms with van der Waals surface area (Å²) in [4.78, 5) is 12.2. The third kappa shape index (κ3) is 3.87. The van der Waals surface area contributed by atoms with Crippen LogP contribution in [0.15, 0.2) is 36.0 Å². The smallest absolute Gasteiger partial charge is 0.311 e. The summed E-state index contributed by atoms with van der Waals surface area (Å²) in [6.07, 6.45) is 14.2. The zero-order valence-electron chi connectivity index (χ0n) is 13.0. The molecule has 3 unspecified atom stereocenters. The van der Waals surface area contributed by atoms with Gasteiger partial charge in [0.05, 0.1) is 5.92 Å². The SMILES string of the molecule is C#CC(C=CC=CC)OC(=O)C1C(C=C(C)C)C1(C)C. The molecule has 0 radical (unpaired) electrons. The number of carbonyl (C=O) groups excluding carboxylic acids is 1. The number of hydrogen-bond donors (Lipinski definition) is 0. The fourth-order valence-electron chi connectivity index (χ4n) is 2.40. The second-order valence-corrected chi connectivity index (χ2v) is 6.00. The van der Waals surface area contributed by atoms with Gasteiger partial charge in [-0.3, -0.25) is 4.79 Å². The van der Waals surface area contributed by atoms with E-state index in [9.17, 15) is 4.79 Å². The van der Waals surface area contributed by atoms with Crippen LogP contribution in [0.1, 0.15) is 34.6 Å². The number of hydrogen-bond acceptors (Lipinski definition) is 2. The molecular formula is C18H24O2. The van der Waals surface area contributed by atoms with Crippen molar-refractivity contribution in [3.63, 3.8) is 0 Å². The van der Waals surface area contributed by atoms with Gasteiger partial charge in [0.25, 0.3) is 0 Å². The zero-order chi connectivity index (χ0) is 15.3. The summed E-state index contributed by atoms with van der Waals surface area (Å²) < 4.78 is 5.39. The van der Waals surface area contributed by atoms with Crippen LogP contribution in [0.5, 0.6) is 0 Å². The van der Waals surface area contributed by atoms with E-state index in [4.69, 9.17) is 11.2 Å². The van der Waals surface area contributed by atoms with Crippen molar-refractivity contribution in [2.45, 2.75) is 40.7 Å². The van der Waals surface area contributed by atoms with Gasteiger partial charge in [0.2, 0.25) is 0 Å². The fraction of sp³-hybridized carbons (Fsp3) is 0.500. The van der Waals surface area contributed by atoms with Crippen molar-refractivity contribution in [1.82, 2.24) is 0 Å². The van der Waals surface area contributed by atoms with Crippen LogP contribution in [0.3, 0.4) is 0 Å². The Morgan fingerprint density at radius 3 is 2.50 bits per heavy atom. The van der Waals surface area contributed by atoms with E-state index in [1.807, 2.05) is 32.9 Å². The summed E-state index contributed by atoms with van der Waals surface area (Å²) in [6, 6.07) is 0. The average Bonchev–Trinajstić information content (AvgIpc) is 2.88. The van der Waals surface area contributed by atoms with Gasteiger partial charge in [-0.2, -0.15) is 0 Å². The predicted molar refractivity (Wildman–Crippen MR) is 82.9 cm³/mol. The highest BCUT2D eigenvalue weighted by molar-refractivity contribution is 5.78. The Balaban J connectivity index is 2.68. The van der Waals surface area contributed by atoms with E-state index in [1.54, 1.807) is 12.2 Å². The van der Waals surface area contributed by atoms with Crippen molar-refractivity contribution in [3.8, 4) is 12.3 Å². The Kier molecular flexibility index (Phi) is 5.39. The van der Waals surface area contributed by atoms with Gasteiger partial charge in [-0.25, -0.2) is 0 Å². The largest absolute Gasteiger partial charge is 0.445 e. The van der Waals surface area contributed by atoms with Crippen LogP contribution in [-0.4, -0.2) is 12.1 Å². The molecule has 1 fully saturated rings. The lowest BCUT2D eigenvalue weighted by molar-refractivity contribution is -0.147. The molecule has 3 atom stereocenters. The van der Waals surface area contributed by atoms with Gasteiger partial charge in [0.15, 0.2) is 6.10 Å².